The van der Waals surface area contributed by atoms with Crippen molar-refractivity contribution < 1.29 is 19.2 Å². The molecule has 0 atom stereocenters. The van der Waals surface area contributed by atoms with E-state index in [4.69, 9.17) is 9.47 Å². The molecule has 0 radical (unpaired) electrons. The maximum Gasteiger partial charge on any atom is 0.343 e. The Kier molecular flexibility index (Phi) is 4.18. The normalized spacial score (nSPS) is 10.0. The van der Waals surface area contributed by atoms with Gasteiger partial charge in [0.1, 0.15) is 5.75 Å². The van der Waals surface area contributed by atoms with Gasteiger partial charge in [0.2, 0.25) is 5.75 Å². The fraction of sp³-hybridized carbons (Fsp3) is 0.133. The Morgan fingerprint density at radius 1 is 1.19 bits per heavy atom. The molecule has 108 valence electrons. The summed E-state index contributed by atoms with van der Waals surface area (Å²) in [6.45, 7) is 1.84. The van der Waals surface area contributed by atoms with Crippen molar-refractivity contribution in [1.82, 2.24) is 0 Å². The van der Waals surface area contributed by atoms with Crippen molar-refractivity contribution in [1.29, 1.82) is 0 Å². The number of esters is 1. The highest BCUT2D eigenvalue weighted by atomic mass is 16.6. The molecule has 0 saturated heterocycles. The molecule has 2 aromatic rings. The zero-order valence-corrected chi connectivity index (χ0v) is 11.5. The Labute approximate surface area is 121 Å². The summed E-state index contributed by atoms with van der Waals surface area (Å²) in [6, 6.07) is 10.8. The molecule has 6 heteroatoms. The number of hydrogen-bond acceptors (Lipinski definition) is 5. The van der Waals surface area contributed by atoms with Gasteiger partial charge in [-0.1, -0.05) is 17.7 Å². The van der Waals surface area contributed by atoms with E-state index in [1.165, 1.54) is 25.3 Å². The lowest BCUT2D eigenvalue weighted by Gasteiger charge is -2.07. The molecule has 0 bridgehead atoms. The van der Waals surface area contributed by atoms with E-state index in [1.807, 2.05) is 13.0 Å². The number of nitrogens with zero attached hydrogens (tertiary/aromatic N) is 1. The molecular weight excluding hydrogens is 274 g/mol. The first kappa shape index (κ1) is 14.5. The van der Waals surface area contributed by atoms with Crippen molar-refractivity contribution >= 4 is 11.7 Å². The van der Waals surface area contributed by atoms with Gasteiger partial charge in [0.25, 0.3) is 0 Å². The lowest BCUT2D eigenvalue weighted by atomic mass is 10.1. The third kappa shape index (κ3) is 3.36. The van der Waals surface area contributed by atoms with Crippen LogP contribution in [0.5, 0.6) is 11.5 Å². The average Bonchev–Trinajstić information content (AvgIpc) is 2.47. The van der Waals surface area contributed by atoms with E-state index in [9.17, 15) is 14.9 Å². The molecule has 2 rings (SSSR count). The summed E-state index contributed by atoms with van der Waals surface area (Å²) < 4.78 is 10.0. The van der Waals surface area contributed by atoms with Crippen molar-refractivity contribution in [2.24, 2.45) is 0 Å². The van der Waals surface area contributed by atoms with Crippen LogP contribution in [0.4, 0.5) is 5.69 Å². The van der Waals surface area contributed by atoms with E-state index in [0.717, 1.165) is 5.56 Å². The van der Waals surface area contributed by atoms with Crippen LogP contribution in [0.3, 0.4) is 0 Å². The number of nitro benzene ring substituents is 1. The summed E-state index contributed by atoms with van der Waals surface area (Å²) in [5.41, 5.74) is 0.907. The van der Waals surface area contributed by atoms with Gasteiger partial charge in [-0.25, -0.2) is 4.79 Å². The van der Waals surface area contributed by atoms with E-state index < -0.39 is 10.9 Å². The third-order valence-corrected chi connectivity index (χ3v) is 2.82. The predicted molar refractivity (Wildman–Crippen MR) is 75.8 cm³/mol. The molecule has 0 fully saturated rings. The minimum atomic E-state index is -0.646. The Bertz CT molecular complexity index is 696. The highest BCUT2D eigenvalue weighted by Gasteiger charge is 2.20. The summed E-state index contributed by atoms with van der Waals surface area (Å²) >= 11 is 0. The second kappa shape index (κ2) is 6.04. The number of carbonyl (C=O) groups excluding carboxylic acids is 1. The highest BCUT2D eigenvalue weighted by Crippen LogP contribution is 2.31. The van der Waals surface area contributed by atoms with E-state index >= 15 is 0 Å². The molecule has 21 heavy (non-hydrogen) atoms. The minimum Gasteiger partial charge on any atom is -0.496 e. The van der Waals surface area contributed by atoms with Crippen LogP contribution in [0.25, 0.3) is 0 Å². The number of aryl methyl sites for hydroxylation is 1. The van der Waals surface area contributed by atoms with Crippen molar-refractivity contribution in [2.45, 2.75) is 6.92 Å². The maximum atomic E-state index is 12.0. The molecule has 0 heterocycles. The van der Waals surface area contributed by atoms with E-state index in [0.29, 0.717) is 11.3 Å². The summed E-state index contributed by atoms with van der Waals surface area (Å²) in [7, 11) is 1.40. The molecular formula is C15H13NO5. The molecule has 0 unspecified atom stereocenters. The summed E-state index contributed by atoms with van der Waals surface area (Å²) in [4.78, 5) is 22.4. The van der Waals surface area contributed by atoms with Crippen LogP contribution in [-0.2, 0) is 0 Å². The van der Waals surface area contributed by atoms with E-state index in [1.54, 1.807) is 18.2 Å². The molecule has 0 aliphatic carbocycles. The molecule has 6 nitrogen and oxygen atoms in total. The van der Waals surface area contributed by atoms with E-state index in [2.05, 4.69) is 0 Å². The minimum absolute atomic E-state index is 0.118. The van der Waals surface area contributed by atoms with Gasteiger partial charge in [0, 0.05) is 0 Å². The second-order valence-corrected chi connectivity index (χ2v) is 4.35. The molecule has 0 amide bonds. The van der Waals surface area contributed by atoms with Crippen LogP contribution >= 0.6 is 0 Å². The Balaban J connectivity index is 2.31. The predicted octanol–water partition coefficient (Wildman–Crippen LogP) is 3.13. The molecule has 0 N–H and O–H groups in total. The highest BCUT2D eigenvalue weighted by molar-refractivity contribution is 5.91. The molecule has 0 aliphatic rings. The number of nitro groups is 1. The van der Waals surface area contributed by atoms with Crippen LogP contribution < -0.4 is 9.47 Å². The number of methoxy groups -OCH3 is 1. The number of carbonyl (C=O) groups is 1. The largest absolute Gasteiger partial charge is 0.496 e. The number of rotatable bonds is 4. The van der Waals surface area contributed by atoms with Gasteiger partial charge < -0.3 is 9.47 Å². The lowest BCUT2D eigenvalue weighted by Crippen LogP contribution is -2.10. The summed E-state index contributed by atoms with van der Waals surface area (Å²) in [6.07, 6.45) is 0. The van der Waals surface area contributed by atoms with Crippen LogP contribution in [-0.4, -0.2) is 18.0 Å². The fourth-order valence-electron chi connectivity index (χ4n) is 1.78. The van der Waals surface area contributed by atoms with Crippen LogP contribution in [0.15, 0.2) is 42.5 Å². The molecule has 0 saturated carbocycles. The lowest BCUT2D eigenvalue weighted by molar-refractivity contribution is -0.385. The number of benzene rings is 2. The van der Waals surface area contributed by atoms with Gasteiger partial charge in [-0.2, -0.15) is 0 Å². The SMILES string of the molecule is COc1ccc(OC(=O)c2cccc(C)c2)c([N+](=O)[O-])c1. The van der Waals surface area contributed by atoms with Crippen molar-refractivity contribution in [3.05, 3.63) is 63.7 Å². The molecule has 2 aromatic carbocycles. The van der Waals surface area contributed by atoms with Gasteiger partial charge in [0.05, 0.1) is 23.7 Å². The van der Waals surface area contributed by atoms with Crippen molar-refractivity contribution in [2.75, 3.05) is 7.11 Å². The smallest absolute Gasteiger partial charge is 0.343 e. The first-order valence-corrected chi connectivity index (χ1v) is 6.12. The Hall–Kier alpha value is -2.89. The Morgan fingerprint density at radius 2 is 1.95 bits per heavy atom. The molecule has 0 aliphatic heterocycles. The quantitative estimate of drug-likeness (QED) is 0.373. The van der Waals surface area contributed by atoms with Crippen LogP contribution in [0.2, 0.25) is 0 Å². The van der Waals surface area contributed by atoms with Crippen molar-refractivity contribution in [3.63, 3.8) is 0 Å². The number of hydrogen-bond donors (Lipinski definition) is 0. The van der Waals surface area contributed by atoms with Gasteiger partial charge in [-0.15, -0.1) is 0 Å². The third-order valence-electron chi connectivity index (χ3n) is 2.82. The van der Waals surface area contributed by atoms with Gasteiger partial charge >= 0.3 is 11.7 Å². The first-order chi connectivity index (χ1) is 10.0. The van der Waals surface area contributed by atoms with Crippen LogP contribution in [0.1, 0.15) is 15.9 Å². The second-order valence-electron chi connectivity index (χ2n) is 4.35. The Morgan fingerprint density at radius 3 is 2.57 bits per heavy atom. The van der Waals surface area contributed by atoms with Gasteiger partial charge in [-0.05, 0) is 31.2 Å². The standard InChI is InChI=1S/C15H13NO5/c1-10-4-3-5-11(8-10)15(17)21-14-7-6-12(20-2)9-13(14)16(18)19/h3-9H,1-2H3. The first-order valence-electron chi connectivity index (χ1n) is 6.12. The van der Waals surface area contributed by atoms with E-state index in [-0.39, 0.29) is 11.4 Å². The van der Waals surface area contributed by atoms with Gasteiger partial charge in [0.15, 0.2) is 0 Å². The number of ether oxygens (including phenoxy) is 2. The maximum absolute atomic E-state index is 12.0. The summed E-state index contributed by atoms with van der Waals surface area (Å²) in [5, 5.41) is 11.0. The average molecular weight is 287 g/mol. The molecule has 0 aromatic heterocycles. The zero-order chi connectivity index (χ0) is 15.4. The van der Waals surface area contributed by atoms with Crippen LogP contribution in [0, 0.1) is 17.0 Å². The monoisotopic (exact) mass is 287 g/mol. The molecule has 0 spiro atoms. The van der Waals surface area contributed by atoms with Crippen molar-refractivity contribution in [3.8, 4) is 11.5 Å². The zero-order valence-electron chi connectivity index (χ0n) is 11.5. The fourth-order valence-corrected chi connectivity index (χ4v) is 1.78. The van der Waals surface area contributed by atoms with Gasteiger partial charge in [-0.3, -0.25) is 10.1 Å². The topological polar surface area (TPSA) is 78.7 Å². The summed E-state index contributed by atoms with van der Waals surface area (Å²) in [5.74, 6) is -0.448.